The summed E-state index contributed by atoms with van der Waals surface area (Å²) in [6, 6.07) is 8.15. The van der Waals surface area contributed by atoms with E-state index in [1.165, 1.54) is 17.0 Å². The number of fused-ring (bicyclic) bond motifs is 2. The standard InChI is InChI=1S/C25H29FN6O3/c1-24-10-5-11-25(2,32(24)4)21(26)19(13-24)35-20-9-8-17(29-30-20)16-7-6-15(12-18(16)33)22-27-14-31(3)23(34)28-22/h6-9,12,14,19,21,33H,5,10-11,13H2,1-4H3/t19-,21-,24-,25+/m1/s1. The first-order valence-electron chi connectivity index (χ1n) is 11.7. The molecule has 0 radical (unpaired) electrons. The zero-order valence-electron chi connectivity index (χ0n) is 20.3. The third-order valence-electron chi connectivity index (χ3n) is 7.84. The Kier molecular flexibility index (Phi) is 5.58. The summed E-state index contributed by atoms with van der Waals surface area (Å²) < 4.78 is 22.8. The molecule has 0 saturated carbocycles. The number of aromatic nitrogens is 5. The number of ether oxygens (including phenoxy) is 1. The summed E-state index contributed by atoms with van der Waals surface area (Å²) in [4.78, 5) is 22.0. The molecule has 2 aromatic heterocycles. The maximum Gasteiger partial charge on any atom is 0.350 e. The van der Waals surface area contributed by atoms with Gasteiger partial charge in [0.25, 0.3) is 0 Å². The highest BCUT2D eigenvalue weighted by atomic mass is 19.1. The summed E-state index contributed by atoms with van der Waals surface area (Å²) in [5.74, 6) is 0.416. The zero-order valence-corrected chi connectivity index (χ0v) is 20.3. The molecule has 2 bridgehead atoms. The number of aromatic hydroxyl groups is 1. The number of piperidine rings is 2. The van der Waals surface area contributed by atoms with Gasteiger partial charge in [0, 0.05) is 36.2 Å². The van der Waals surface area contributed by atoms with Crippen molar-refractivity contribution in [2.75, 3.05) is 7.05 Å². The van der Waals surface area contributed by atoms with Crippen LogP contribution in [-0.2, 0) is 7.05 Å². The molecule has 5 rings (SSSR count). The van der Waals surface area contributed by atoms with Crippen LogP contribution in [0.25, 0.3) is 22.6 Å². The summed E-state index contributed by atoms with van der Waals surface area (Å²) in [6.45, 7) is 4.15. The van der Waals surface area contributed by atoms with Gasteiger partial charge in [-0.05, 0) is 58.4 Å². The van der Waals surface area contributed by atoms with Crippen molar-refractivity contribution >= 4 is 0 Å². The molecule has 0 aliphatic carbocycles. The number of halogens is 1. The molecule has 9 nitrogen and oxygen atoms in total. The van der Waals surface area contributed by atoms with Gasteiger partial charge in [0.05, 0.1) is 11.2 Å². The lowest BCUT2D eigenvalue weighted by Gasteiger charge is -2.60. The maximum absolute atomic E-state index is 15.6. The third kappa shape index (κ3) is 3.95. The molecule has 2 aliphatic rings. The molecule has 10 heteroatoms. The Balaban J connectivity index is 1.35. The van der Waals surface area contributed by atoms with Crippen LogP contribution < -0.4 is 10.4 Å². The molecular formula is C25H29FN6O3. The number of alkyl halides is 1. The minimum Gasteiger partial charge on any atom is -0.507 e. The Morgan fingerprint density at radius 3 is 2.63 bits per heavy atom. The SMILES string of the molecule is CN1[C@]2(C)CCC[C@@]1(C)[C@H](F)[C@H](Oc1ccc(-c3ccc(-c4ncn(C)c(=O)n4)cc3O)nn1)C2. The normalized spacial score (nSPS) is 28.6. The van der Waals surface area contributed by atoms with E-state index in [2.05, 4.69) is 32.0 Å². The summed E-state index contributed by atoms with van der Waals surface area (Å²) in [5.41, 5.74) is 0.265. The first-order chi connectivity index (χ1) is 16.6. The number of benzene rings is 1. The van der Waals surface area contributed by atoms with E-state index in [1.807, 2.05) is 14.0 Å². The van der Waals surface area contributed by atoms with Crippen molar-refractivity contribution < 1.29 is 14.2 Å². The van der Waals surface area contributed by atoms with Gasteiger partial charge in [-0.3, -0.25) is 9.47 Å². The van der Waals surface area contributed by atoms with Gasteiger partial charge in [-0.15, -0.1) is 10.2 Å². The average molecular weight is 481 g/mol. The van der Waals surface area contributed by atoms with Gasteiger partial charge in [0.2, 0.25) is 5.88 Å². The fourth-order valence-corrected chi connectivity index (χ4v) is 5.48. The minimum atomic E-state index is -1.14. The molecule has 2 fully saturated rings. The molecule has 0 unspecified atom stereocenters. The molecule has 0 amide bonds. The van der Waals surface area contributed by atoms with Gasteiger partial charge in [0.15, 0.2) is 12.0 Å². The topological polar surface area (TPSA) is 106 Å². The molecule has 4 heterocycles. The largest absolute Gasteiger partial charge is 0.507 e. The van der Waals surface area contributed by atoms with E-state index >= 15 is 4.39 Å². The zero-order chi connectivity index (χ0) is 25.0. The van der Waals surface area contributed by atoms with Crippen molar-refractivity contribution in [1.82, 2.24) is 29.6 Å². The number of nitrogens with zero attached hydrogens (tertiary/aromatic N) is 6. The van der Waals surface area contributed by atoms with Crippen LogP contribution in [0.5, 0.6) is 11.6 Å². The quantitative estimate of drug-likeness (QED) is 0.607. The second-order valence-corrected chi connectivity index (χ2v) is 10.1. The smallest absolute Gasteiger partial charge is 0.350 e. The number of phenolic OH excluding ortho intramolecular Hbond substituents is 1. The van der Waals surface area contributed by atoms with Gasteiger partial charge in [-0.2, -0.15) is 4.98 Å². The van der Waals surface area contributed by atoms with E-state index in [0.717, 1.165) is 19.3 Å². The number of aryl methyl sites for hydroxylation is 1. The Hall–Kier alpha value is -3.40. The van der Waals surface area contributed by atoms with E-state index in [0.29, 0.717) is 23.2 Å². The van der Waals surface area contributed by atoms with E-state index in [9.17, 15) is 9.90 Å². The highest BCUT2D eigenvalue weighted by molar-refractivity contribution is 5.71. The van der Waals surface area contributed by atoms with Crippen molar-refractivity contribution in [3.63, 3.8) is 0 Å². The Bertz CT molecular complexity index is 1320. The van der Waals surface area contributed by atoms with Crippen LogP contribution >= 0.6 is 0 Å². The van der Waals surface area contributed by atoms with Gasteiger partial charge in [-0.25, -0.2) is 14.2 Å². The molecule has 2 aliphatic heterocycles. The number of phenols is 1. The van der Waals surface area contributed by atoms with Gasteiger partial charge in [-0.1, -0.05) is 6.07 Å². The second-order valence-electron chi connectivity index (χ2n) is 10.1. The van der Waals surface area contributed by atoms with Crippen LogP contribution in [-0.4, -0.2) is 65.1 Å². The fraction of sp³-hybridized carbons (Fsp3) is 0.480. The number of rotatable bonds is 4. The number of hydrogen-bond acceptors (Lipinski definition) is 8. The molecule has 4 atom stereocenters. The molecule has 1 N–H and O–H groups in total. The third-order valence-corrected chi connectivity index (χ3v) is 7.84. The van der Waals surface area contributed by atoms with Crippen molar-refractivity contribution in [3.8, 4) is 34.3 Å². The lowest BCUT2D eigenvalue weighted by molar-refractivity contribution is -0.152. The van der Waals surface area contributed by atoms with Gasteiger partial charge >= 0.3 is 5.69 Å². The van der Waals surface area contributed by atoms with Crippen LogP contribution in [0.3, 0.4) is 0 Å². The van der Waals surface area contributed by atoms with E-state index in [4.69, 9.17) is 4.74 Å². The maximum atomic E-state index is 15.6. The van der Waals surface area contributed by atoms with Crippen molar-refractivity contribution in [2.24, 2.45) is 7.05 Å². The Morgan fingerprint density at radius 1 is 1.14 bits per heavy atom. The van der Waals surface area contributed by atoms with Crippen LogP contribution in [0.2, 0.25) is 0 Å². The van der Waals surface area contributed by atoms with Crippen molar-refractivity contribution in [1.29, 1.82) is 0 Å². The summed E-state index contributed by atoms with van der Waals surface area (Å²) >= 11 is 0. The molecule has 3 aromatic rings. The summed E-state index contributed by atoms with van der Waals surface area (Å²) in [5, 5.41) is 18.9. The van der Waals surface area contributed by atoms with Crippen molar-refractivity contribution in [2.45, 2.75) is 62.9 Å². The average Bonchev–Trinajstić information content (AvgIpc) is 2.83. The summed E-state index contributed by atoms with van der Waals surface area (Å²) in [6.07, 6.45) is 3.02. The summed E-state index contributed by atoms with van der Waals surface area (Å²) in [7, 11) is 3.57. The van der Waals surface area contributed by atoms with E-state index < -0.39 is 23.5 Å². The van der Waals surface area contributed by atoms with Crippen LogP contribution in [0.1, 0.15) is 39.5 Å². The minimum absolute atomic E-state index is 0.0532. The lowest BCUT2D eigenvalue weighted by Crippen LogP contribution is -2.71. The van der Waals surface area contributed by atoms with Gasteiger partial charge < -0.3 is 9.84 Å². The first-order valence-corrected chi connectivity index (χ1v) is 11.7. The Morgan fingerprint density at radius 2 is 1.94 bits per heavy atom. The predicted octanol–water partition coefficient (Wildman–Crippen LogP) is 3.13. The first kappa shape index (κ1) is 23.3. The second kappa shape index (κ2) is 8.37. The fourth-order valence-electron chi connectivity index (χ4n) is 5.48. The molecule has 184 valence electrons. The van der Waals surface area contributed by atoms with Gasteiger partial charge in [0.1, 0.15) is 18.2 Å². The monoisotopic (exact) mass is 480 g/mol. The van der Waals surface area contributed by atoms with Crippen LogP contribution in [0, 0.1) is 0 Å². The molecule has 2 saturated heterocycles. The number of hydrogen-bond donors (Lipinski definition) is 1. The van der Waals surface area contributed by atoms with Crippen LogP contribution in [0.15, 0.2) is 41.5 Å². The van der Waals surface area contributed by atoms with Crippen LogP contribution in [0.4, 0.5) is 4.39 Å². The predicted molar refractivity (Wildman–Crippen MR) is 128 cm³/mol. The highest BCUT2D eigenvalue weighted by Gasteiger charge is 2.57. The molecule has 35 heavy (non-hydrogen) atoms. The van der Waals surface area contributed by atoms with Crippen molar-refractivity contribution in [3.05, 3.63) is 47.1 Å². The highest BCUT2D eigenvalue weighted by Crippen LogP contribution is 2.48. The Labute approximate surface area is 202 Å². The molecular weight excluding hydrogens is 451 g/mol. The lowest BCUT2D eigenvalue weighted by atomic mass is 9.67. The molecule has 0 spiro atoms. The molecule has 1 aromatic carbocycles. The van der Waals surface area contributed by atoms with E-state index in [1.54, 1.807) is 31.3 Å². The van der Waals surface area contributed by atoms with E-state index in [-0.39, 0.29) is 23.0 Å².